The fraction of sp³-hybridized carbons (Fsp3) is 0.579. The molecule has 1 amide bonds. The lowest BCUT2D eigenvalue weighted by Gasteiger charge is -2.28. The maximum atomic E-state index is 12.9. The summed E-state index contributed by atoms with van der Waals surface area (Å²) in [7, 11) is -1.68. The van der Waals surface area contributed by atoms with E-state index in [2.05, 4.69) is 4.99 Å². The number of thiazole rings is 1. The molecule has 1 aromatic heterocycles. The van der Waals surface area contributed by atoms with E-state index in [-0.39, 0.29) is 12.5 Å². The quantitative estimate of drug-likeness (QED) is 0.654. The number of hydrogen-bond donors (Lipinski definition) is 0. The molecule has 0 N–H and O–H groups in total. The van der Waals surface area contributed by atoms with Gasteiger partial charge in [-0.25, -0.2) is 12.7 Å². The molecule has 0 radical (unpaired) electrons. The van der Waals surface area contributed by atoms with E-state index in [1.807, 2.05) is 29.7 Å². The van der Waals surface area contributed by atoms with Gasteiger partial charge in [-0.15, -0.1) is 0 Å². The predicted octanol–water partition coefficient (Wildman–Crippen LogP) is 1.85. The summed E-state index contributed by atoms with van der Waals surface area (Å²) in [5.41, 5.74) is 0.962. The molecule has 0 saturated carbocycles. The lowest BCUT2D eigenvalue weighted by Crippen LogP contribution is -2.41. The van der Waals surface area contributed by atoms with Crippen molar-refractivity contribution >= 4 is 37.5 Å². The lowest BCUT2D eigenvalue weighted by atomic mass is 9.99. The summed E-state index contributed by atoms with van der Waals surface area (Å²) in [5.74, 6) is 0.0775. The Balaban J connectivity index is 1.95. The van der Waals surface area contributed by atoms with Crippen LogP contribution in [-0.4, -0.2) is 62.9 Å². The van der Waals surface area contributed by atoms with Crippen molar-refractivity contribution in [2.24, 2.45) is 10.9 Å². The lowest BCUT2D eigenvalue weighted by molar-refractivity contribution is -0.122. The summed E-state index contributed by atoms with van der Waals surface area (Å²) < 4.78 is 38.8. The highest BCUT2D eigenvalue weighted by molar-refractivity contribution is 7.88. The molecule has 1 fully saturated rings. The Hall–Kier alpha value is -1.75. The second kappa shape index (κ2) is 9.38. The minimum absolute atomic E-state index is 0.193. The van der Waals surface area contributed by atoms with Crippen LogP contribution in [0.1, 0.15) is 19.8 Å². The Morgan fingerprint density at radius 3 is 2.86 bits per heavy atom. The Kier molecular flexibility index (Phi) is 7.10. The first-order chi connectivity index (χ1) is 13.8. The molecule has 1 aliphatic rings. The van der Waals surface area contributed by atoms with Gasteiger partial charge in [0.25, 0.3) is 5.91 Å². The second-order valence-electron chi connectivity index (χ2n) is 7.00. The van der Waals surface area contributed by atoms with Crippen molar-refractivity contribution in [1.82, 2.24) is 8.87 Å². The molecule has 1 aliphatic heterocycles. The number of carbonyl (C=O) groups is 1. The summed E-state index contributed by atoms with van der Waals surface area (Å²) >= 11 is 1.42. The SMILES string of the molecule is CCOc1ccc2c(c1)sc(=NC(=O)C1CCCN(S(C)(=O)=O)C1)n2CCOC. The van der Waals surface area contributed by atoms with E-state index in [1.54, 1.807) is 7.11 Å². The average Bonchev–Trinajstić information content (AvgIpc) is 3.02. The summed E-state index contributed by atoms with van der Waals surface area (Å²) in [5, 5.41) is 0. The van der Waals surface area contributed by atoms with Crippen molar-refractivity contribution < 1.29 is 22.7 Å². The van der Waals surface area contributed by atoms with Gasteiger partial charge in [-0.1, -0.05) is 11.3 Å². The molecule has 160 valence electrons. The molecule has 3 rings (SSSR count). The molecule has 10 heteroatoms. The van der Waals surface area contributed by atoms with Crippen LogP contribution in [0.3, 0.4) is 0 Å². The molecule has 0 aliphatic carbocycles. The molecule has 1 atom stereocenters. The van der Waals surface area contributed by atoms with Crippen molar-refractivity contribution in [1.29, 1.82) is 0 Å². The van der Waals surface area contributed by atoms with Crippen molar-refractivity contribution in [2.75, 3.05) is 39.7 Å². The first-order valence-electron chi connectivity index (χ1n) is 9.62. The van der Waals surface area contributed by atoms with Crippen molar-refractivity contribution in [3.05, 3.63) is 23.0 Å². The normalized spacial score (nSPS) is 19.0. The maximum absolute atomic E-state index is 12.9. The zero-order valence-electron chi connectivity index (χ0n) is 17.0. The molecule has 0 bridgehead atoms. The molecule has 1 unspecified atom stereocenters. The third-order valence-corrected chi connectivity index (χ3v) is 7.20. The van der Waals surface area contributed by atoms with E-state index in [1.165, 1.54) is 21.9 Å². The van der Waals surface area contributed by atoms with Crippen LogP contribution in [0.25, 0.3) is 10.2 Å². The van der Waals surface area contributed by atoms with Gasteiger partial charge < -0.3 is 14.0 Å². The highest BCUT2D eigenvalue weighted by atomic mass is 32.2. The molecule has 2 heterocycles. The first kappa shape index (κ1) is 21.9. The number of rotatable bonds is 7. The number of amides is 1. The van der Waals surface area contributed by atoms with Crippen molar-refractivity contribution in [2.45, 2.75) is 26.3 Å². The van der Waals surface area contributed by atoms with Crippen LogP contribution in [0.15, 0.2) is 23.2 Å². The van der Waals surface area contributed by atoms with Gasteiger partial charge in [-0.05, 0) is 38.0 Å². The second-order valence-corrected chi connectivity index (χ2v) is 9.99. The fourth-order valence-electron chi connectivity index (χ4n) is 3.42. The number of sulfonamides is 1. The van der Waals surface area contributed by atoms with E-state index in [0.29, 0.717) is 43.9 Å². The van der Waals surface area contributed by atoms with Crippen LogP contribution in [-0.2, 0) is 26.1 Å². The van der Waals surface area contributed by atoms with Gasteiger partial charge in [0.2, 0.25) is 10.0 Å². The highest BCUT2D eigenvalue weighted by Crippen LogP contribution is 2.24. The van der Waals surface area contributed by atoms with Crippen LogP contribution < -0.4 is 9.54 Å². The Bertz CT molecular complexity index is 1040. The van der Waals surface area contributed by atoms with Gasteiger partial charge in [0.1, 0.15) is 5.75 Å². The van der Waals surface area contributed by atoms with E-state index in [0.717, 1.165) is 16.0 Å². The number of fused-ring (bicyclic) bond motifs is 1. The van der Waals surface area contributed by atoms with Crippen LogP contribution in [0.4, 0.5) is 0 Å². The van der Waals surface area contributed by atoms with Crippen molar-refractivity contribution in [3.63, 3.8) is 0 Å². The molecular weight excluding hydrogens is 414 g/mol. The standard InChI is InChI=1S/C19H27N3O5S2/c1-4-27-15-7-8-16-17(12-15)28-19(22(16)10-11-26-2)20-18(23)14-6-5-9-21(13-14)29(3,24)25/h7-8,12,14H,4-6,9-11,13H2,1-3H3. The van der Waals surface area contributed by atoms with Gasteiger partial charge in [-0.3, -0.25) is 4.79 Å². The number of carbonyl (C=O) groups excluding carboxylic acids is 1. The molecule has 2 aromatic rings. The van der Waals surface area contributed by atoms with Crippen LogP contribution in [0, 0.1) is 5.92 Å². The van der Waals surface area contributed by atoms with Gasteiger partial charge in [-0.2, -0.15) is 4.99 Å². The topological polar surface area (TPSA) is 90.2 Å². The van der Waals surface area contributed by atoms with E-state index >= 15 is 0 Å². The van der Waals surface area contributed by atoms with Crippen LogP contribution in [0.2, 0.25) is 0 Å². The molecule has 8 nitrogen and oxygen atoms in total. The number of hydrogen-bond acceptors (Lipinski definition) is 6. The summed E-state index contributed by atoms with van der Waals surface area (Å²) in [6, 6.07) is 5.81. The molecule has 1 saturated heterocycles. The number of ether oxygens (including phenoxy) is 2. The van der Waals surface area contributed by atoms with Gasteiger partial charge in [0, 0.05) is 26.7 Å². The summed E-state index contributed by atoms with van der Waals surface area (Å²) in [6.45, 7) is 4.22. The molecule has 0 spiro atoms. The Labute approximate surface area is 174 Å². The zero-order valence-corrected chi connectivity index (χ0v) is 18.6. The Morgan fingerprint density at radius 1 is 1.38 bits per heavy atom. The van der Waals surface area contributed by atoms with Crippen LogP contribution in [0.5, 0.6) is 5.75 Å². The number of piperidine rings is 1. The van der Waals surface area contributed by atoms with Gasteiger partial charge >= 0.3 is 0 Å². The monoisotopic (exact) mass is 441 g/mol. The molecular formula is C19H27N3O5S2. The fourth-order valence-corrected chi connectivity index (χ4v) is 5.43. The van der Waals surface area contributed by atoms with Crippen molar-refractivity contribution in [3.8, 4) is 5.75 Å². The van der Waals surface area contributed by atoms with Crippen LogP contribution >= 0.6 is 11.3 Å². The predicted molar refractivity (Wildman–Crippen MR) is 113 cm³/mol. The minimum Gasteiger partial charge on any atom is -0.494 e. The maximum Gasteiger partial charge on any atom is 0.252 e. The first-order valence-corrected chi connectivity index (χ1v) is 12.3. The summed E-state index contributed by atoms with van der Waals surface area (Å²) in [6.07, 6.45) is 2.48. The van der Waals surface area contributed by atoms with E-state index < -0.39 is 15.9 Å². The third-order valence-electron chi connectivity index (χ3n) is 4.89. The number of methoxy groups -OCH3 is 1. The van der Waals surface area contributed by atoms with E-state index in [4.69, 9.17) is 9.47 Å². The number of nitrogens with zero attached hydrogens (tertiary/aromatic N) is 3. The summed E-state index contributed by atoms with van der Waals surface area (Å²) in [4.78, 5) is 17.8. The largest absolute Gasteiger partial charge is 0.494 e. The number of benzene rings is 1. The highest BCUT2D eigenvalue weighted by Gasteiger charge is 2.30. The minimum atomic E-state index is -3.31. The number of aromatic nitrogens is 1. The molecule has 1 aromatic carbocycles. The smallest absolute Gasteiger partial charge is 0.252 e. The Morgan fingerprint density at radius 2 is 2.17 bits per heavy atom. The van der Waals surface area contributed by atoms with Gasteiger partial charge in [0.15, 0.2) is 4.80 Å². The van der Waals surface area contributed by atoms with Gasteiger partial charge in [0.05, 0.1) is 35.6 Å². The third kappa shape index (κ3) is 5.25. The molecule has 29 heavy (non-hydrogen) atoms. The average molecular weight is 442 g/mol. The zero-order chi connectivity index (χ0) is 21.0. The van der Waals surface area contributed by atoms with E-state index in [9.17, 15) is 13.2 Å².